The van der Waals surface area contributed by atoms with Gasteiger partial charge in [-0.15, -0.1) is 0 Å². The van der Waals surface area contributed by atoms with E-state index < -0.39 is 0 Å². The van der Waals surface area contributed by atoms with Crippen LogP contribution in [0.3, 0.4) is 0 Å². The van der Waals surface area contributed by atoms with Crippen molar-refractivity contribution in [2.75, 3.05) is 19.7 Å². The highest BCUT2D eigenvalue weighted by Gasteiger charge is 2.15. The standard InChI is InChI=1S/C10H13BrN2O/c11-9-3-10(7-13-6-9)14-2-1-8-4-12-5-8/h3,6-8,12H,1-2,4-5H2. The topological polar surface area (TPSA) is 34.1 Å². The Kier molecular flexibility index (Phi) is 3.37. The van der Waals surface area contributed by atoms with Gasteiger partial charge in [0.15, 0.2) is 0 Å². The minimum Gasteiger partial charge on any atom is -0.492 e. The van der Waals surface area contributed by atoms with Crippen LogP contribution in [-0.4, -0.2) is 24.7 Å². The SMILES string of the molecule is Brc1cncc(OCCC2CNC2)c1. The molecule has 0 atom stereocenters. The number of nitrogens with one attached hydrogen (secondary N) is 1. The van der Waals surface area contributed by atoms with Crippen molar-refractivity contribution in [1.82, 2.24) is 10.3 Å². The van der Waals surface area contributed by atoms with Crippen molar-refractivity contribution >= 4 is 15.9 Å². The molecule has 0 bridgehead atoms. The number of hydrogen-bond donors (Lipinski definition) is 1. The summed E-state index contributed by atoms with van der Waals surface area (Å²) in [6.07, 6.45) is 4.62. The molecule has 0 unspecified atom stereocenters. The molecule has 0 amide bonds. The van der Waals surface area contributed by atoms with Gasteiger partial charge in [0.05, 0.1) is 12.8 Å². The zero-order valence-electron chi connectivity index (χ0n) is 7.87. The van der Waals surface area contributed by atoms with Gasteiger partial charge in [-0.2, -0.15) is 0 Å². The molecular weight excluding hydrogens is 244 g/mol. The summed E-state index contributed by atoms with van der Waals surface area (Å²) in [6, 6.07) is 1.94. The van der Waals surface area contributed by atoms with Crippen LogP contribution in [-0.2, 0) is 0 Å². The van der Waals surface area contributed by atoms with Crippen LogP contribution < -0.4 is 10.1 Å². The van der Waals surface area contributed by atoms with E-state index in [2.05, 4.69) is 26.2 Å². The third kappa shape index (κ3) is 2.69. The van der Waals surface area contributed by atoms with Gasteiger partial charge in [0.25, 0.3) is 0 Å². The summed E-state index contributed by atoms with van der Waals surface area (Å²) in [5.41, 5.74) is 0. The van der Waals surface area contributed by atoms with E-state index >= 15 is 0 Å². The molecule has 1 N–H and O–H groups in total. The van der Waals surface area contributed by atoms with Gasteiger partial charge in [-0.1, -0.05) is 0 Å². The van der Waals surface area contributed by atoms with Gasteiger partial charge in [-0.05, 0) is 47.4 Å². The number of hydrogen-bond acceptors (Lipinski definition) is 3. The molecule has 1 fully saturated rings. The first-order chi connectivity index (χ1) is 6.84. The van der Waals surface area contributed by atoms with Crippen LogP contribution in [0.5, 0.6) is 5.75 Å². The molecule has 0 aliphatic carbocycles. The number of pyridine rings is 1. The van der Waals surface area contributed by atoms with Gasteiger partial charge in [0.2, 0.25) is 0 Å². The van der Waals surface area contributed by atoms with E-state index in [9.17, 15) is 0 Å². The molecule has 1 aliphatic rings. The third-order valence-corrected chi connectivity index (χ3v) is 2.77. The first kappa shape index (κ1) is 9.93. The maximum Gasteiger partial charge on any atom is 0.138 e. The zero-order valence-corrected chi connectivity index (χ0v) is 9.46. The Morgan fingerprint density at radius 3 is 3.00 bits per heavy atom. The van der Waals surface area contributed by atoms with Crippen molar-refractivity contribution in [3.63, 3.8) is 0 Å². The van der Waals surface area contributed by atoms with Crippen LogP contribution in [0.25, 0.3) is 0 Å². The molecule has 1 saturated heterocycles. The maximum atomic E-state index is 5.57. The predicted molar refractivity (Wildman–Crippen MR) is 58.4 cm³/mol. The van der Waals surface area contributed by atoms with Gasteiger partial charge in [0.1, 0.15) is 5.75 Å². The maximum absolute atomic E-state index is 5.57. The first-order valence-electron chi connectivity index (χ1n) is 4.78. The molecule has 76 valence electrons. The van der Waals surface area contributed by atoms with Crippen molar-refractivity contribution in [3.8, 4) is 5.75 Å². The Hall–Kier alpha value is -0.610. The molecule has 1 aromatic rings. The second-order valence-electron chi connectivity index (χ2n) is 3.50. The third-order valence-electron chi connectivity index (χ3n) is 2.34. The Morgan fingerprint density at radius 2 is 2.36 bits per heavy atom. The van der Waals surface area contributed by atoms with E-state index in [1.165, 1.54) is 0 Å². The molecule has 0 radical (unpaired) electrons. The van der Waals surface area contributed by atoms with E-state index in [0.29, 0.717) is 0 Å². The lowest BCUT2D eigenvalue weighted by Crippen LogP contribution is -2.42. The second-order valence-corrected chi connectivity index (χ2v) is 4.42. The highest BCUT2D eigenvalue weighted by atomic mass is 79.9. The zero-order chi connectivity index (χ0) is 9.80. The van der Waals surface area contributed by atoms with Crippen molar-refractivity contribution in [2.24, 2.45) is 5.92 Å². The highest BCUT2D eigenvalue weighted by Crippen LogP contribution is 2.17. The van der Waals surface area contributed by atoms with Crippen LogP contribution in [0.2, 0.25) is 0 Å². The molecule has 1 aromatic heterocycles. The lowest BCUT2D eigenvalue weighted by molar-refractivity contribution is 0.238. The van der Waals surface area contributed by atoms with Crippen LogP contribution in [0.1, 0.15) is 6.42 Å². The largest absolute Gasteiger partial charge is 0.492 e. The Balaban J connectivity index is 1.74. The van der Waals surface area contributed by atoms with Gasteiger partial charge in [-0.3, -0.25) is 4.98 Å². The van der Waals surface area contributed by atoms with Crippen molar-refractivity contribution in [3.05, 3.63) is 22.9 Å². The first-order valence-corrected chi connectivity index (χ1v) is 5.58. The number of rotatable bonds is 4. The molecule has 0 spiro atoms. The summed E-state index contributed by atoms with van der Waals surface area (Å²) in [5.74, 6) is 1.64. The lowest BCUT2D eigenvalue weighted by Gasteiger charge is -2.26. The molecule has 3 nitrogen and oxygen atoms in total. The van der Waals surface area contributed by atoms with E-state index in [-0.39, 0.29) is 0 Å². The quantitative estimate of drug-likeness (QED) is 0.893. The molecular formula is C10H13BrN2O. The summed E-state index contributed by atoms with van der Waals surface area (Å²) in [7, 11) is 0. The minimum atomic E-state index is 0.782. The van der Waals surface area contributed by atoms with Crippen LogP contribution in [0.15, 0.2) is 22.9 Å². The molecule has 14 heavy (non-hydrogen) atoms. The highest BCUT2D eigenvalue weighted by molar-refractivity contribution is 9.10. The van der Waals surface area contributed by atoms with Gasteiger partial charge >= 0.3 is 0 Å². The number of ether oxygens (including phenoxy) is 1. The van der Waals surface area contributed by atoms with Crippen molar-refractivity contribution in [1.29, 1.82) is 0 Å². The number of nitrogens with zero attached hydrogens (tertiary/aromatic N) is 1. The number of halogens is 1. The average molecular weight is 257 g/mol. The van der Waals surface area contributed by atoms with E-state index in [1.807, 2.05) is 6.07 Å². The van der Waals surface area contributed by atoms with Gasteiger partial charge < -0.3 is 10.1 Å². The summed E-state index contributed by atoms with van der Waals surface area (Å²) in [4.78, 5) is 4.03. The van der Waals surface area contributed by atoms with Gasteiger partial charge in [0, 0.05) is 10.7 Å². The molecule has 2 rings (SSSR count). The normalized spacial score (nSPS) is 16.4. The number of aromatic nitrogens is 1. The summed E-state index contributed by atoms with van der Waals surface area (Å²) >= 11 is 3.36. The molecule has 0 aromatic carbocycles. The Bertz CT molecular complexity index is 302. The van der Waals surface area contributed by atoms with Crippen molar-refractivity contribution in [2.45, 2.75) is 6.42 Å². The fourth-order valence-corrected chi connectivity index (χ4v) is 1.71. The van der Waals surface area contributed by atoms with E-state index in [0.717, 1.165) is 42.3 Å². The lowest BCUT2D eigenvalue weighted by atomic mass is 10.0. The van der Waals surface area contributed by atoms with Crippen LogP contribution in [0, 0.1) is 5.92 Å². The van der Waals surface area contributed by atoms with Crippen molar-refractivity contribution < 1.29 is 4.74 Å². The molecule has 0 saturated carbocycles. The van der Waals surface area contributed by atoms with E-state index in [1.54, 1.807) is 12.4 Å². The van der Waals surface area contributed by atoms with Gasteiger partial charge in [-0.25, -0.2) is 0 Å². The Labute approximate surface area is 92.0 Å². The molecule has 2 heterocycles. The molecule has 4 heteroatoms. The summed E-state index contributed by atoms with van der Waals surface area (Å²) < 4.78 is 6.53. The van der Waals surface area contributed by atoms with Crippen LogP contribution >= 0.6 is 15.9 Å². The Morgan fingerprint density at radius 1 is 1.50 bits per heavy atom. The van der Waals surface area contributed by atoms with E-state index in [4.69, 9.17) is 4.74 Å². The second kappa shape index (κ2) is 4.75. The minimum absolute atomic E-state index is 0.782. The fourth-order valence-electron chi connectivity index (χ4n) is 1.37. The predicted octanol–water partition coefficient (Wildman–Crippen LogP) is 1.83. The summed E-state index contributed by atoms with van der Waals surface area (Å²) in [6.45, 7) is 3.06. The average Bonchev–Trinajstić information content (AvgIpc) is 2.09. The summed E-state index contributed by atoms with van der Waals surface area (Å²) in [5, 5.41) is 3.24. The molecule has 1 aliphatic heterocycles. The monoisotopic (exact) mass is 256 g/mol. The van der Waals surface area contributed by atoms with Crippen LogP contribution in [0.4, 0.5) is 0 Å². The smallest absolute Gasteiger partial charge is 0.138 e. The fraction of sp³-hybridized carbons (Fsp3) is 0.500.